The van der Waals surface area contributed by atoms with Gasteiger partial charge in [0.2, 0.25) is 5.82 Å². The maximum absolute atomic E-state index is 10.5. The van der Waals surface area contributed by atoms with Gasteiger partial charge in [-0.05, 0) is 28.1 Å². The van der Waals surface area contributed by atoms with Gasteiger partial charge in [-0.15, -0.1) is 0 Å². The number of rotatable bonds is 4. The smallest absolute Gasteiger partial charge is 0.314 e. The number of halogens is 1. The summed E-state index contributed by atoms with van der Waals surface area (Å²) in [5.41, 5.74) is 1.37. The van der Waals surface area contributed by atoms with Crippen molar-refractivity contribution in [1.82, 2.24) is 15.1 Å². The summed E-state index contributed by atoms with van der Waals surface area (Å²) < 4.78 is 5.76. The van der Waals surface area contributed by atoms with Crippen molar-refractivity contribution in [3.63, 3.8) is 0 Å². The molecule has 1 aromatic carbocycles. The SMILES string of the molecule is O=C(O)CSc1nc(-c2nc3ccccc3cc2Br)no1. The Morgan fingerprint density at radius 2 is 2.14 bits per heavy atom. The van der Waals surface area contributed by atoms with E-state index in [0.717, 1.165) is 27.1 Å². The van der Waals surface area contributed by atoms with Crippen LogP contribution in [-0.4, -0.2) is 32.0 Å². The Morgan fingerprint density at radius 1 is 1.33 bits per heavy atom. The summed E-state index contributed by atoms with van der Waals surface area (Å²) in [6.45, 7) is 0. The molecule has 0 aliphatic heterocycles. The monoisotopic (exact) mass is 365 g/mol. The lowest BCUT2D eigenvalue weighted by Gasteiger charge is -2.02. The number of aliphatic carboxylic acids is 1. The molecule has 0 bridgehead atoms. The Kier molecular flexibility index (Phi) is 3.89. The minimum atomic E-state index is -0.940. The van der Waals surface area contributed by atoms with E-state index < -0.39 is 5.97 Å². The fourth-order valence-corrected chi connectivity index (χ4v) is 2.74. The fraction of sp³-hybridized carbons (Fsp3) is 0.0769. The molecule has 106 valence electrons. The minimum Gasteiger partial charge on any atom is -0.481 e. The highest BCUT2D eigenvalue weighted by molar-refractivity contribution is 9.10. The van der Waals surface area contributed by atoms with E-state index in [1.807, 2.05) is 30.3 Å². The Balaban J connectivity index is 1.96. The number of hydrogen-bond acceptors (Lipinski definition) is 6. The van der Waals surface area contributed by atoms with Crippen molar-refractivity contribution < 1.29 is 14.4 Å². The number of para-hydroxylation sites is 1. The molecular weight excluding hydrogens is 358 g/mol. The third-order valence-corrected chi connectivity index (χ3v) is 4.02. The van der Waals surface area contributed by atoms with Crippen LogP contribution < -0.4 is 0 Å². The van der Waals surface area contributed by atoms with E-state index in [0.29, 0.717) is 11.5 Å². The molecule has 0 saturated heterocycles. The standard InChI is InChI=1S/C13H8BrN3O3S/c14-8-5-7-3-1-2-4-9(7)15-11(8)12-16-13(20-17-12)21-6-10(18)19/h1-5H,6H2,(H,18,19). The van der Waals surface area contributed by atoms with Gasteiger partial charge in [0, 0.05) is 9.86 Å². The molecule has 0 aliphatic carbocycles. The first-order valence-electron chi connectivity index (χ1n) is 5.87. The summed E-state index contributed by atoms with van der Waals surface area (Å²) in [5.74, 6) is -0.751. The van der Waals surface area contributed by atoms with Crippen LogP contribution in [0.25, 0.3) is 22.4 Å². The largest absolute Gasteiger partial charge is 0.481 e. The van der Waals surface area contributed by atoms with Gasteiger partial charge >= 0.3 is 5.97 Å². The lowest BCUT2D eigenvalue weighted by molar-refractivity contribution is -0.133. The molecule has 0 aliphatic rings. The molecule has 1 N–H and O–H groups in total. The maximum Gasteiger partial charge on any atom is 0.314 e. The molecule has 0 amide bonds. The number of pyridine rings is 1. The van der Waals surface area contributed by atoms with Gasteiger partial charge in [0.15, 0.2) is 0 Å². The zero-order valence-corrected chi connectivity index (χ0v) is 12.9. The van der Waals surface area contributed by atoms with E-state index in [2.05, 4.69) is 31.1 Å². The van der Waals surface area contributed by atoms with E-state index in [1.54, 1.807) is 0 Å². The second kappa shape index (κ2) is 5.82. The Labute approximate surface area is 131 Å². The number of carbonyl (C=O) groups is 1. The molecule has 0 atom stereocenters. The first kappa shape index (κ1) is 14.0. The molecule has 0 fully saturated rings. The van der Waals surface area contributed by atoms with Gasteiger partial charge in [-0.3, -0.25) is 4.79 Å². The van der Waals surface area contributed by atoms with Crippen molar-refractivity contribution in [2.75, 3.05) is 5.75 Å². The Hall–Kier alpha value is -1.93. The van der Waals surface area contributed by atoms with E-state index in [1.165, 1.54) is 0 Å². The second-order valence-electron chi connectivity index (χ2n) is 4.08. The highest BCUT2D eigenvalue weighted by Crippen LogP contribution is 2.29. The van der Waals surface area contributed by atoms with Crippen molar-refractivity contribution in [2.24, 2.45) is 0 Å². The van der Waals surface area contributed by atoms with Crippen LogP contribution in [0.3, 0.4) is 0 Å². The molecule has 2 heterocycles. The Bertz CT molecular complexity index is 821. The van der Waals surface area contributed by atoms with E-state index in [4.69, 9.17) is 9.63 Å². The van der Waals surface area contributed by atoms with E-state index >= 15 is 0 Å². The van der Waals surface area contributed by atoms with Crippen molar-refractivity contribution in [3.8, 4) is 11.5 Å². The van der Waals surface area contributed by atoms with Crippen LogP contribution in [0.4, 0.5) is 0 Å². The predicted molar refractivity (Wildman–Crippen MR) is 81.1 cm³/mol. The third-order valence-electron chi connectivity index (χ3n) is 2.62. The van der Waals surface area contributed by atoms with Crippen LogP contribution in [-0.2, 0) is 4.79 Å². The molecule has 6 nitrogen and oxygen atoms in total. The van der Waals surface area contributed by atoms with Crippen LogP contribution >= 0.6 is 27.7 Å². The molecule has 3 aromatic rings. The first-order valence-corrected chi connectivity index (χ1v) is 7.65. The number of nitrogens with zero attached hydrogens (tertiary/aromatic N) is 3. The van der Waals surface area contributed by atoms with Crippen LogP contribution in [0.2, 0.25) is 0 Å². The molecule has 3 rings (SSSR count). The van der Waals surface area contributed by atoms with Gasteiger partial charge in [0.25, 0.3) is 5.22 Å². The highest BCUT2D eigenvalue weighted by Gasteiger charge is 2.15. The molecule has 0 radical (unpaired) electrons. The van der Waals surface area contributed by atoms with Crippen LogP contribution in [0.15, 0.2) is 44.6 Å². The average molecular weight is 366 g/mol. The zero-order chi connectivity index (χ0) is 14.8. The Morgan fingerprint density at radius 3 is 2.95 bits per heavy atom. The molecule has 2 aromatic heterocycles. The van der Waals surface area contributed by atoms with Crippen molar-refractivity contribution in [2.45, 2.75) is 5.22 Å². The summed E-state index contributed by atoms with van der Waals surface area (Å²) in [4.78, 5) is 19.2. The van der Waals surface area contributed by atoms with Gasteiger partial charge in [0.05, 0.1) is 5.52 Å². The molecular formula is C13H8BrN3O3S. The number of fused-ring (bicyclic) bond motifs is 1. The van der Waals surface area contributed by atoms with E-state index in [-0.39, 0.29) is 11.0 Å². The maximum atomic E-state index is 10.5. The first-order chi connectivity index (χ1) is 10.1. The molecule has 0 spiro atoms. The topological polar surface area (TPSA) is 89.1 Å². The van der Waals surface area contributed by atoms with E-state index in [9.17, 15) is 4.79 Å². The average Bonchev–Trinajstić information content (AvgIpc) is 2.93. The van der Waals surface area contributed by atoms with Crippen LogP contribution in [0, 0.1) is 0 Å². The molecule has 8 heteroatoms. The fourth-order valence-electron chi connectivity index (χ4n) is 1.73. The molecule has 0 saturated carbocycles. The number of benzene rings is 1. The number of carboxylic acids is 1. The van der Waals surface area contributed by atoms with Crippen molar-refractivity contribution in [3.05, 3.63) is 34.8 Å². The summed E-state index contributed by atoms with van der Waals surface area (Å²) in [6, 6.07) is 9.62. The second-order valence-corrected chi connectivity index (χ2v) is 5.86. The number of aromatic nitrogens is 3. The lowest BCUT2D eigenvalue weighted by atomic mass is 10.2. The number of carboxylic acid groups (broad SMARTS) is 1. The lowest BCUT2D eigenvalue weighted by Crippen LogP contribution is -1.97. The van der Waals surface area contributed by atoms with Gasteiger partial charge in [-0.1, -0.05) is 35.1 Å². The predicted octanol–water partition coefficient (Wildman–Crippen LogP) is 3.22. The summed E-state index contributed by atoms with van der Waals surface area (Å²) in [6.07, 6.45) is 0. The summed E-state index contributed by atoms with van der Waals surface area (Å²) in [5, 5.41) is 13.7. The van der Waals surface area contributed by atoms with Gasteiger partial charge in [0.1, 0.15) is 11.4 Å². The van der Waals surface area contributed by atoms with Crippen LogP contribution in [0.1, 0.15) is 0 Å². The minimum absolute atomic E-state index is 0.131. The zero-order valence-electron chi connectivity index (χ0n) is 10.5. The molecule has 21 heavy (non-hydrogen) atoms. The highest BCUT2D eigenvalue weighted by atomic mass is 79.9. The van der Waals surface area contributed by atoms with Gasteiger partial charge in [-0.2, -0.15) is 4.98 Å². The number of hydrogen-bond donors (Lipinski definition) is 1. The van der Waals surface area contributed by atoms with Crippen molar-refractivity contribution in [1.29, 1.82) is 0 Å². The quantitative estimate of drug-likeness (QED) is 0.709. The normalized spacial score (nSPS) is 10.9. The van der Waals surface area contributed by atoms with Crippen LogP contribution in [0.5, 0.6) is 0 Å². The van der Waals surface area contributed by atoms with Gasteiger partial charge < -0.3 is 9.63 Å². The number of thioether (sulfide) groups is 1. The van der Waals surface area contributed by atoms with Gasteiger partial charge in [-0.25, -0.2) is 4.98 Å². The third kappa shape index (κ3) is 3.06. The van der Waals surface area contributed by atoms with Crippen molar-refractivity contribution >= 4 is 44.6 Å². The summed E-state index contributed by atoms with van der Waals surface area (Å²) >= 11 is 4.41. The summed E-state index contributed by atoms with van der Waals surface area (Å²) in [7, 11) is 0. The molecule has 0 unspecified atom stereocenters.